The molecule has 54 valence electrons. The molecule has 0 aromatic rings. The lowest BCUT2D eigenvalue weighted by molar-refractivity contribution is 0.180. The van der Waals surface area contributed by atoms with Crippen LogP contribution in [0.15, 0.2) is 0 Å². The second-order valence-corrected chi connectivity index (χ2v) is 2.98. The fourth-order valence-electron chi connectivity index (χ4n) is 1.50. The van der Waals surface area contributed by atoms with Crippen molar-refractivity contribution in [3.63, 3.8) is 0 Å². The lowest BCUT2D eigenvalue weighted by Crippen LogP contribution is -2.29. The topological polar surface area (TPSA) is 46.2 Å². The van der Waals surface area contributed by atoms with E-state index in [0.717, 1.165) is 12.8 Å². The quantitative estimate of drug-likeness (QED) is 0.541. The maximum Gasteiger partial charge on any atom is 0.0459 e. The normalized spacial score (nSPS) is 36.7. The SMILES string of the molecule is N[C@H]1CCCC(CO)C1. The molecule has 1 aliphatic rings. The van der Waals surface area contributed by atoms with Gasteiger partial charge < -0.3 is 10.8 Å². The number of rotatable bonds is 1. The Morgan fingerprint density at radius 2 is 2.22 bits per heavy atom. The lowest BCUT2D eigenvalue weighted by atomic mass is 9.87. The number of aliphatic hydroxyl groups is 1. The molecule has 0 heterocycles. The fraction of sp³-hybridized carbons (Fsp3) is 1.00. The Morgan fingerprint density at radius 1 is 1.44 bits per heavy atom. The van der Waals surface area contributed by atoms with Crippen molar-refractivity contribution in [2.45, 2.75) is 31.7 Å². The molecular weight excluding hydrogens is 114 g/mol. The van der Waals surface area contributed by atoms with Gasteiger partial charge in [-0.05, 0) is 25.2 Å². The molecule has 0 aliphatic heterocycles. The highest BCUT2D eigenvalue weighted by atomic mass is 16.3. The first kappa shape index (κ1) is 7.03. The third-order valence-electron chi connectivity index (χ3n) is 2.08. The molecule has 3 N–H and O–H groups in total. The zero-order valence-corrected chi connectivity index (χ0v) is 5.71. The molecule has 1 rings (SSSR count). The average molecular weight is 129 g/mol. The van der Waals surface area contributed by atoms with Gasteiger partial charge in [0.1, 0.15) is 0 Å². The number of hydrogen-bond donors (Lipinski definition) is 2. The van der Waals surface area contributed by atoms with E-state index in [9.17, 15) is 0 Å². The van der Waals surface area contributed by atoms with E-state index >= 15 is 0 Å². The highest BCUT2D eigenvalue weighted by Gasteiger charge is 2.17. The summed E-state index contributed by atoms with van der Waals surface area (Å²) in [5.41, 5.74) is 5.69. The third kappa shape index (κ3) is 1.95. The van der Waals surface area contributed by atoms with Crippen LogP contribution in [0.3, 0.4) is 0 Å². The molecule has 0 aromatic heterocycles. The Hall–Kier alpha value is -0.0800. The number of nitrogens with two attached hydrogens (primary N) is 1. The Bertz CT molecular complexity index is 85.0. The molecule has 2 nitrogen and oxygen atoms in total. The van der Waals surface area contributed by atoms with E-state index in [1.807, 2.05) is 0 Å². The summed E-state index contributed by atoms with van der Waals surface area (Å²) in [5, 5.41) is 8.75. The molecule has 0 amide bonds. The van der Waals surface area contributed by atoms with Crippen molar-refractivity contribution in [2.24, 2.45) is 11.7 Å². The van der Waals surface area contributed by atoms with Crippen LogP contribution in [-0.4, -0.2) is 17.8 Å². The largest absolute Gasteiger partial charge is 0.396 e. The van der Waals surface area contributed by atoms with E-state index in [1.54, 1.807) is 0 Å². The zero-order chi connectivity index (χ0) is 6.69. The molecule has 1 unspecified atom stereocenters. The molecule has 2 heteroatoms. The molecule has 1 saturated carbocycles. The van der Waals surface area contributed by atoms with Crippen LogP contribution < -0.4 is 5.73 Å². The van der Waals surface area contributed by atoms with E-state index in [4.69, 9.17) is 10.8 Å². The van der Waals surface area contributed by atoms with E-state index in [2.05, 4.69) is 0 Å². The van der Waals surface area contributed by atoms with E-state index in [0.29, 0.717) is 18.6 Å². The predicted octanol–water partition coefficient (Wildman–Crippen LogP) is 0.496. The highest BCUT2D eigenvalue weighted by Crippen LogP contribution is 2.21. The molecule has 1 aliphatic carbocycles. The fourth-order valence-corrected chi connectivity index (χ4v) is 1.50. The number of aliphatic hydroxyl groups excluding tert-OH is 1. The summed E-state index contributed by atoms with van der Waals surface area (Å²) in [6.07, 6.45) is 4.55. The smallest absolute Gasteiger partial charge is 0.0459 e. The first-order valence-electron chi connectivity index (χ1n) is 3.69. The van der Waals surface area contributed by atoms with Gasteiger partial charge in [0.25, 0.3) is 0 Å². The van der Waals surface area contributed by atoms with Crippen LogP contribution in [0.4, 0.5) is 0 Å². The van der Waals surface area contributed by atoms with Crippen molar-refractivity contribution in [1.29, 1.82) is 0 Å². The van der Waals surface area contributed by atoms with Crippen molar-refractivity contribution < 1.29 is 5.11 Å². The van der Waals surface area contributed by atoms with Crippen LogP contribution >= 0.6 is 0 Å². The summed E-state index contributed by atoms with van der Waals surface area (Å²) in [6, 6.07) is 0.357. The van der Waals surface area contributed by atoms with Gasteiger partial charge in [-0.25, -0.2) is 0 Å². The minimum absolute atomic E-state index is 0.327. The van der Waals surface area contributed by atoms with Crippen molar-refractivity contribution in [2.75, 3.05) is 6.61 Å². The maximum absolute atomic E-state index is 8.75. The molecule has 1 fully saturated rings. The van der Waals surface area contributed by atoms with E-state index < -0.39 is 0 Å². The summed E-state index contributed by atoms with van der Waals surface area (Å²) >= 11 is 0. The van der Waals surface area contributed by atoms with Crippen molar-refractivity contribution >= 4 is 0 Å². The van der Waals surface area contributed by atoms with E-state index in [-0.39, 0.29) is 0 Å². The maximum atomic E-state index is 8.75. The molecule has 0 spiro atoms. The predicted molar refractivity (Wildman–Crippen MR) is 37.0 cm³/mol. The lowest BCUT2D eigenvalue weighted by Gasteiger charge is -2.24. The van der Waals surface area contributed by atoms with Crippen molar-refractivity contribution in [3.05, 3.63) is 0 Å². The van der Waals surface area contributed by atoms with Crippen molar-refractivity contribution in [1.82, 2.24) is 0 Å². The van der Waals surface area contributed by atoms with Gasteiger partial charge in [0.2, 0.25) is 0 Å². The molecular formula is C7H15NO. The summed E-state index contributed by atoms with van der Waals surface area (Å²) in [6.45, 7) is 0.327. The minimum atomic E-state index is 0.327. The molecule has 0 bridgehead atoms. The third-order valence-corrected chi connectivity index (χ3v) is 2.08. The van der Waals surface area contributed by atoms with Gasteiger partial charge in [0, 0.05) is 12.6 Å². The van der Waals surface area contributed by atoms with Crippen LogP contribution in [-0.2, 0) is 0 Å². The first-order valence-corrected chi connectivity index (χ1v) is 3.69. The van der Waals surface area contributed by atoms with Crippen LogP contribution in [0, 0.1) is 5.92 Å². The second kappa shape index (κ2) is 3.18. The summed E-state index contributed by atoms with van der Waals surface area (Å²) in [4.78, 5) is 0. The summed E-state index contributed by atoms with van der Waals surface area (Å²) in [7, 11) is 0. The zero-order valence-electron chi connectivity index (χ0n) is 5.71. The summed E-state index contributed by atoms with van der Waals surface area (Å²) in [5.74, 6) is 0.494. The highest BCUT2D eigenvalue weighted by molar-refractivity contribution is 4.73. The Kier molecular flexibility index (Phi) is 2.49. The summed E-state index contributed by atoms with van der Waals surface area (Å²) < 4.78 is 0. The van der Waals surface area contributed by atoms with Gasteiger partial charge in [-0.1, -0.05) is 6.42 Å². The Morgan fingerprint density at radius 3 is 2.67 bits per heavy atom. The van der Waals surface area contributed by atoms with Crippen LogP contribution in [0.2, 0.25) is 0 Å². The van der Waals surface area contributed by atoms with Gasteiger partial charge in [-0.2, -0.15) is 0 Å². The van der Waals surface area contributed by atoms with Crippen molar-refractivity contribution in [3.8, 4) is 0 Å². The van der Waals surface area contributed by atoms with Crippen LogP contribution in [0.5, 0.6) is 0 Å². The Balaban J connectivity index is 2.23. The molecule has 0 saturated heterocycles. The van der Waals surface area contributed by atoms with Gasteiger partial charge in [-0.3, -0.25) is 0 Å². The van der Waals surface area contributed by atoms with E-state index in [1.165, 1.54) is 12.8 Å². The molecule has 2 atom stereocenters. The standard InChI is InChI=1S/C7H15NO/c8-7-3-1-2-6(4-7)5-9/h6-7,9H,1-5,8H2/t6?,7-/m0/s1. The molecule has 9 heavy (non-hydrogen) atoms. The Labute approximate surface area is 56.1 Å². The minimum Gasteiger partial charge on any atom is -0.396 e. The van der Waals surface area contributed by atoms with Gasteiger partial charge >= 0.3 is 0 Å². The molecule has 0 aromatic carbocycles. The monoisotopic (exact) mass is 129 g/mol. The average Bonchev–Trinajstić information content (AvgIpc) is 1.88. The second-order valence-electron chi connectivity index (χ2n) is 2.98. The number of hydrogen-bond acceptors (Lipinski definition) is 2. The van der Waals surface area contributed by atoms with Gasteiger partial charge in [-0.15, -0.1) is 0 Å². The van der Waals surface area contributed by atoms with Crippen LogP contribution in [0.1, 0.15) is 25.7 Å². The van der Waals surface area contributed by atoms with Gasteiger partial charge in [0.15, 0.2) is 0 Å². The van der Waals surface area contributed by atoms with Crippen LogP contribution in [0.25, 0.3) is 0 Å². The first-order chi connectivity index (χ1) is 4.33. The van der Waals surface area contributed by atoms with Gasteiger partial charge in [0.05, 0.1) is 0 Å². The molecule has 0 radical (unpaired) electrons.